The predicted molar refractivity (Wildman–Crippen MR) is 119 cm³/mol. The van der Waals surface area contributed by atoms with Gasteiger partial charge < -0.3 is 4.90 Å². The van der Waals surface area contributed by atoms with Crippen LogP contribution in [0.5, 0.6) is 0 Å². The Morgan fingerprint density at radius 2 is 1.26 bits per heavy atom. The molecular weight excluding hydrogens is 346 g/mol. The zero-order valence-electron chi connectivity index (χ0n) is 15.1. The van der Waals surface area contributed by atoms with Crippen LogP contribution in [0.25, 0.3) is 31.3 Å². The van der Waals surface area contributed by atoms with Gasteiger partial charge in [0.05, 0.1) is 10.4 Å². The van der Waals surface area contributed by atoms with E-state index in [2.05, 4.69) is 109 Å². The summed E-state index contributed by atoms with van der Waals surface area (Å²) in [6.45, 7) is 0. The summed E-state index contributed by atoms with van der Waals surface area (Å²) in [6, 6.07) is 34.5. The van der Waals surface area contributed by atoms with E-state index in [9.17, 15) is 0 Å². The van der Waals surface area contributed by atoms with Gasteiger partial charge >= 0.3 is 0 Å². The molecule has 0 N–H and O–H groups in total. The number of hydrogen-bond donors (Lipinski definition) is 0. The van der Waals surface area contributed by atoms with Gasteiger partial charge in [-0.05, 0) is 23.8 Å². The van der Waals surface area contributed by atoms with Crippen molar-refractivity contribution in [1.82, 2.24) is 0 Å². The molecule has 0 aliphatic carbocycles. The lowest BCUT2D eigenvalue weighted by atomic mass is 10.0. The van der Waals surface area contributed by atoms with Gasteiger partial charge in [-0.25, -0.2) is 0 Å². The lowest BCUT2D eigenvalue weighted by Gasteiger charge is -2.23. The number of para-hydroxylation sites is 1. The maximum Gasteiger partial charge on any atom is 0.0592 e. The summed E-state index contributed by atoms with van der Waals surface area (Å²) in [5.74, 6) is 0. The third-order valence-electron chi connectivity index (χ3n) is 5.10. The number of rotatable bonds is 3. The van der Waals surface area contributed by atoms with Gasteiger partial charge in [-0.1, -0.05) is 78.9 Å². The van der Waals surface area contributed by atoms with Gasteiger partial charge in [-0.3, -0.25) is 0 Å². The van der Waals surface area contributed by atoms with E-state index in [-0.39, 0.29) is 0 Å². The SMILES string of the molecule is CN(c1ccccc1-c1ccccc1)c1cccc2c1sc1ccccc12. The number of thiophene rings is 1. The molecule has 0 saturated heterocycles. The van der Waals surface area contributed by atoms with Crippen LogP contribution in [-0.4, -0.2) is 7.05 Å². The first-order valence-corrected chi connectivity index (χ1v) is 9.93. The first kappa shape index (κ1) is 16.1. The highest BCUT2D eigenvalue weighted by atomic mass is 32.1. The summed E-state index contributed by atoms with van der Waals surface area (Å²) in [7, 11) is 2.17. The van der Waals surface area contributed by atoms with E-state index in [1.807, 2.05) is 11.3 Å². The molecule has 0 aliphatic heterocycles. The number of fused-ring (bicyclic) bond motifs is 3. The van der Waals surface area contributed by atoms with Crippen molar-refractivity contribution in [3.05, 3.63) is 97.1 Å². The number of anilines is 2. The van der Waals surface area contributed by atoms with Gasteiger partial charge in [0.1, 0.15) is 0 Å². The standard InChI is InChI=1S/C25H19NS/c1-26(22-15-7-5-12-19(22)18-10-3-2-4-11-18)23-16-9-14-21-20-13-6-8-17-24(20)27-25(21)23/h2-17H,1H3. The van der Waals surface area contributed by atoms with Crippen molar-refractivity contribution >= 4 is 42.9 Å². The summed E-state index contributed by atoms with van der Waals surface area (Å²) in [5.41, 5.74) is 4.95. The van der Waals surface area contributed by atoms with Crippen molar-refractivity contribution < 1.29 is 0 Å². The van der Waals surface area contributed by atoms with E-state index >= 15 is 0 Å². The molecule has 1 aromatic heterocycles. The molecule has 2 heteroatoms. The first-order valence-electron chi connectivity index (χ1n) is 9.11. The van der Waals surface area contributed by atoms with Crippen molar-refractivity contribution in [3.63, 3.8) is 0 Å². The Morgan fingerprint density at radius 1 is 0.593 bits per heavy atom. The summed E-state index contributed by atoms with van der Waals surface area (Å²) >= 11 is 1.87. The minimum absolute atomic E-state index is 1.22. The third kappa shape index (κ3) is 2.70. The van der Waals surface area contributed by atoms with E-state index in [1.54, 1.807) is 0 Å². The molecule has 0 unspecified atom stereocenters. The molecule has 0 fully saturated rings. The maximum atomic E-state index is 2.32. The molecule has 0 atom stereocenters. The number of hydrogen-bond acceptors (Lipinski definition) is 2. The Morgan fingerprint density at radius 3 is 2.15 bits per heavy atom. The van der Waals surface area contributed by atoms with Crippen LogP contribution in [0.2, 0.25) is 0 Å². The molecule has 4 aromatic carbocycles. The van der Waals surface area contributed by atoms with Crippen molar-refractivity contribution in [2.45, 2.75) is 0 Å². The molecule has 5 aromatic rings. The molecule has 1 heterocycles. The van der Waals surface area contributed by atoms with E-state index in [4.69, 9.17) is 0 Å². The fourth-order valence-corrected chi connectivity index (χ4v) is 5.01. The average molecular weight is 366 g/mol. The van der Waals surface area contributed by atoms with Gasteiger partial charge in [0.15, 0.2) is 0 Å². The molecule has 0 spiro atoms. The van der Waals surface area contributed by atoms with Crippen LogP contribution < -0.4 is 4.90 Å². The largest absolute Gasteiger partial charge is 0.343 e. The quantitative estimate of drug-likeness (QED) is 0.320. The van der Waals surface area contributed by atoms with Crippen LogP contribution in [0.1, 0.15) is 0 Å². The second-order valence-corrected chi connectivity index (χ2v) is 7.75. The highest BCUT2D eigenvalue weighted by Gasteiger charge is 2.15. The van der Waals surface area contributed by atoms with Crippen LogP contribution in [0.15, 0.2) is 97.1 Å². The Kier molecular flexibility index (Phi) is 3.92. The monoisotopic (exact) mass is 365 g/mol. The predicted octanol–water partition coefficient (Wildman–Crippen LogP) is 7.49. The van der Waals surface area contributed by atoms with Crippen LogP contribution in [-0.2, 0) is 0 Å². The van der Waals surface area contributed by atoms with Crippen LogP contribution in [0.3, 0.4) is 0 Å². The second-order valence-electron chi connectivity index (χ2n) is 6.69. The Labute approximate surface area is 163 Å². The average Bonchev–Trinajstić information content (AvgIpc) is 3.13. The molecule has 0 aliphatic rings. The summed E-state index contributed by atoms with van der Waals surface area (Å²) < 4.78 is 2.67. The van der Waals surface area contributed by atoms with Gasteiger partial charge in [0, 0.05) is 33.8 Å². The van der Waals surface area contributed by atoms with Gasteiger partial charge in [0.25, 0.3) is 0 Å². The summed E-state index contributed by atoms with van der Waals surface area (Å²) in [5, 5.41) is 2.67. The highest BCUT2D eigenvalue weighted by molar-refractivity contribution is 7.26. The lowest BCUT2D eigenvalue weighted by molar-refractivity contribution is 1.23. The van der Waals surface area contributed by atoms with Crippen LogP contribution in [0.4, 0.5) is 11.4 Å². The fraction of sp³-hybridized carbons (Fsp3) is 0.0400. The Hall–Kier alpha value is -3.10. The normalized spacial score (nSPS) is 11.1. The Bertz CT molecular complexity index is 1240. The van der Waals surface area contributed by atoms with Crippen molar-refractivity contribution in [1.29, 1.82) is 0 Å². The summed E-state index contributed by atoms with van der Waals surface area (Å²) in [4.78, 5) is 2.32. The number of benzene rings is 4. The third-order valence-corrected chi connectivity index (χ3v) is 6.30. The fourth-order valence-electron chi connectivity index (χ4n) is 3.75. The molecule has 0 bridgehead atoms. The smallest absolute Gasteiger partial charge is 0.0592 e. The summed E-state index contributed by atoms with van der Waals surface area (Å²) in [6.07, 6.45) is 0. The zero-order chi connectivity index (χ0) is 18.2. The number of nitrogens with zero attached hydrogens (tertiary/aromatic N) is 1. The van der Waals surface area contributed by atoms with Gasteiger partial charge in [-0.15, -0.1) is 11.3 Å². The minimum atomic E-state index is 1.22. The van der Waals surface area contributed by atoms with Gasteiger partial charge in [0.2, 0.25) is 0 Å². The van der Waals surface area contributed by atoms with Crippen LogP contribution >= 0.6 is 11.3 Å². The molecule has 1 nitrogen and oxygen atoms in total. The maximum absolute atomic E-state index is 2.32. The van der Waals surface area contributed by atoms with Crippen molar-refractivity contribution in [2.24, 2.45) is 0 Å². The molecule has 0 radical (unpaired) electrons. The minimum Gasteiger partial charge on any atom is -0.343 e. The molecule has 27 heavy (non-hydrogen) atoms. The Balaban J connectivity index is 1.71. The molecule has 5 rings (SSSR count). The van der Waals surface area contributed by atoms with Crippen molar-refractivity contribution in [3.8, 4) is 11.1 Å². The van der Waals surface area contributed by atoms with E-state index < -0.39 is 0 Å². The molecule has 0 saturated carbocycles. The highest BCUT2D eigenvalue weighted by Crippen LogP contribution is 2.42. The van der Waals surface area contributed by atoms with Crippen LogP contribution in [0, 0.1) is 0 Å². The zero-order valence-corrected chi connectivity index (χ0v) is 15.9. The molecule has 0 amide bonds. The van der Waals surface area contributed by atoms with E-state index in [0.29, 0.717) is 0 Å². The van der Waals surface area contributed by atoms with Crippen molar-refractivity contribution in [2.75, 3.05) is 11.9 Å². The van der Waals surface area contributed by atoms with E-state index in [1.165, 1.54) is 42.7 Å². The molecule has 130 valence electrons. The first-order chi connectivity index (χ1) is 13.3. The topological polar surface area (TPSA) is 3.24 Å². The van der Waals surface area contributed by atoms with Gasteiger partial charge in [-0.2, -0.15) is 0 Å². The molecular formula is C25H19NS. The van der Waals surface area contributed by atoms with E-state index in [0.717, 1.165) is 0 Å². The lowest BCUT2D eigenvalue weighted by Crippen LogP contribution is -2.10. The second kappa shape index (κ2) is 6.57.